The highest BCUT2D eigenvalue weighted by molar-refractivity contribution is 5.75. The third kappa shape index (κ3) is 7.75. The molecular weight excluding hydrogens is 250 g/mol. The van der Waals surface area contributed by atoms with Gasteiger partial charge in [-0.25, -0.2) is 0 Å². The number of nitrogens with zero attached hydrogens (tertiary/aromatic N) is 1. The van der Waals surface area contributed by atoms with E-state index in [1.54, 1.807) is 6.92 Å². The van der Waals surface area contributed by atoms with Crippen LogP contribution in [0, 0.1) is 16.0 Å². The number of benzene rings is 1. The number of rotatable bonds is 4. The Labute approximate surface area is 111 Å². The Morgan fingerprint density at radius 1 is 1.26 bits per heavy atom. The Morgan fingerprint density at radius 2 is 1.68 bits per heavy atom. The molecule has 106 valence electrons. The van der Waals surface area contributed by atoms with Crippen LogP contribution in [0.1, 0.15) is 37.8 Å². The van der Waals surface area contributed by atoms with Crippen LogP contribution in [0.25, 0.3) is 0 Å². The summed E-state index contributed by atoms with van der Waals surface area (Å²) in [5.41, 5.74) is 2.14. The van der Waals surface area contributed by atoms with Gasteiger partial charge >= 0.3 is 5.97 Å². The molecule has 0 aliphatic carbocycles. The second-order valence-corrected chi connectivity index (χ2v) is 4.64. The predicted octanol–water partition coefficient (Wildman–Crippen LogP) is 2.73. The quantitative estimate of drug-likeness (QED) is 0.646. The average Bonchev–Trinajstić information content (AvgIpc) is 2.27. The van der Waals surface area contributed by atoms with E-state index in [0.29, 0.717) is 5.92 Å². The Hall–Kier alpha value is -2.11. The fourth-order valence-electron chi connectivity index (χ4n) is 1.56. The minimum absolute atomic E-state index is 0.418. The predicted molar refractivity (Wildman–Crippen MR) is 69.8 cm³/mol. The molecular formula is C13H19NO5. The highest BCUT2D eigenvalue weighted by atomic mass is 16.9. The molecule has 0 heterocycles. The zero-order valence-corrected chi connectivity index (χ0v) is 11.2. The van der Waals surface area contributed by atoms with Gasteiger partial charge in [0.15, 0.2) is 0 Å². The number of carboxylic acid groups (broad SMARTS) is 1. The molecule has 0 radical (unpaired) electrons. The second-order valence-electron chi connectivity index (χ2n) is 4.64. The van der Waals surface area contributed by atoms with Gasteiger partial charge in [0, 0.05) is 0 Å². The normalized spacial score (nSPS) is 11.4. The maximum Gasteiger partial charge on any atom is 0.310 e. The number of carbonyl (C=O) groups is 1. The molecule has 1 rings (SSSR count). The lowest BCUT2D eigenvalue weighted by Gasteiger charge is -2.09. The molecule has 6 nitrogen and oxygen atoms in total. The Balaban J connectivity index is 0.000000711. The van der Waals surface area contributed by atoms with E-state index in [4.69, 9.17) is 20.4 Å². The fraction of sp³-hybridized carbons (Fsp3) is 0.462. The van der Waals surface area contributed by atoms with Crippen molar-refractivity contribution in [1.82, 2.24) is 0 Å². The summed E-state index contributed by atoms with van der Waals surface area (Å²) in [5, 5.41) is 22.5. The van der Waals surface area contributed by atoms with Gasteiger partial charge in [-0.15, -0.1) is 10.1 Å². The van der Waals surface area contributed by atoms with Gasteiger partial charge in [-0.1, -0.05) is 38.1 Å². The van der Waals surface area contributed by atoms with Crippen molar-refractivity contribution in [3.05, 3.63) is 45.5 Å². The lowest BCUT2D eigenvalue weighted by atomic mass is 9.97. The molecule has 0 aliphatic heterocycles. The number of carboxylic acids is 1. The minimum atomic E-state index is -1.50. The lowest BCUT2D eigenvalue weighted by molar-refractivity contribution is -0.742. The van der Waals surface area contributed by atoms with Crippen molar-refractivity contribution in [3.63, 3.8) is 0 Å². The van der Waals surface area contributed by atoms with E-state index in [2.05, 4.69) is 13.8 Å². The van der Waals surface area contributed by atoms with Crippen LogP contribution in [0.15, 0.2) is 24.3 Å². The first kappa shape index (κ1) is 16.9. The van der Waals surface area contributed by atoms with Gasteiger partial charge in [0.2, 0.25) is 0 Å². The molecule has 0 aliphatic rings. The van der Waals surface area contributed by atoms with Crippen LogP contribution in [-0.2, 0) is 11.2 Å². The summed E-state index contributed by atoms with van der Waals surface area (Å²) in [5.74, 6) is -0.558. The van der Waals surface area contributed by atoms with E-state index in [0.717, 1.165) is 12.0 Å². The largest absolute Gasteiger partial charge is 0.481 e. The third-order valence-corrected chi connectivity index (χ3v) is 2.49. The van der Waals surface area contributed by atoms with Crippen LogP contribution in [0.5, 0.6) is 0 Å². The van der Waals surface area contributed by atoms with Crippen LogP contribution >= 0.6 is 0 Å². The topological polar surface area (TPSA) is 101 Å². The van der Waals surface area contributed by atoms with Crippen LogP contribution in [0.4, 0.5) is 0 Å². The van der Waals surface area contributed by atoms with Crippen LogP contribution in [-0.4, -0.2) is 21.4 Å². The van der Waals surface area contributed by atoms with Crippen molar-refractivity contribution in [2.45, 2.75) is 33.1 Å². The van der Waals surface area contributed by atoms with Gasteiger partial charge in [0.1, 0.15) is 0 Å². The zero-order chi connectivity index (χ0) is 15.0. The van der Waals surface area contributed by atoms with Crippen LogP contribution < -0.4 is 0 Å². The molecule has 0 bridgehead atoms. The standard InChI is InChI=1S/C13H18O2.HNO3/c1-9(2)8-11-4-6-12(7-5-11)10(3)13(14)15;2-1(3)4/h4-7,9-10H,8H2,1-3H3,(H,14,15);(H,2,3,4). The van der Waals surface area contributed by atoms with Crippen molar-refractivity contribution >= 4 is 5.97 Å². The molecule has 0 aromatic heterocycles. The lowest BCUT2D eigenvalue weighted by Crippen LogP contribution is -2.07. The Kier molecular flexibility index (Phi) is 7.18. The molecule has 19 heavy (non-hydrogen) atoms. The van der Waals surface area contributed by atoms with Crippen LogP contribution in [0.2, 0.25) is 0 Å². The Bertz CT molecular complexity index is 410. The van der Waals surface area contributed by atoms with Gasteiger partial charge < -0.3 is 10.3 Å². The van der Waals surface area contributed by atoms with E-state index in [-0.39, 0.29) is 0 Å². The molecule has 0 saturated heterocycles. The summed E-state index contributed by atoms with van der Waals surface area (Å²) in [6.45, 7) is 6.06. The highest BCUT2D eigenvalue weighted by Crippen LogP contribution is 2.17. The molecule has 0 amide bonds. The van der Waals surface area contributed by atoms with Gasteiger partial charge in [-0.3, -0.25) is 4.79 Å². The maximum absolute atomic E-state index is 10.8. The number of aliphatic carboxylic acids is 1. The van der Waals surface area contributed by atoms with Crippen molar-refractivity contribution in [2.24, 2.45) is 5.92 Å². The number of hydrogen-bond acceptors (Lipinski definition) is 3. The molecule has 1 unspecified atom stereocenters. The summed E-state index contributed by atoms with van der Waals surface area (Å²) >= 11 is 0. The second kappa shape index (κ2) is 8.07. The van der Waals surface area contributed by atoms with E-state index in [1.165, 1.54) is 5.56 Å². The first-order chi connectivity index (χ1) is 8.73. The first-order valence-electron chi connectivity index (χ1n) is 5.89. The molecule has 1 atom stereocenters. The monoisotopic (exact) mass is 269 g/mol. The summed E-state index contributed by atoms with van der Waals surface area (Å²) < 4.78 is 0. The van der Waals surface area contributed by atoms with Gasteiger partial charge in [-0.2, -0.15) is 0 Å². The smallest absolute Gasteiger partial charge is 0.310 e. The van der Waals surface area contributed by atoms with Crippen molar-refractivity contribution in [1.29, 1.82) is 0 Å². The van der Waals surface area contributed by atoms with Gasteiger partial charge in [-0.05, 0) is 30.4 Å². The molecule has 6 heteroatoms. The van der Waals surface area contributed by atoms with Crippen molar-refractivity contribution < 1.29 is 20.2 Å². The molecule has 2 N–H and O–H groups in total. The third-order valence-electron chi connectivity index (χ3n) is 2.49. The summed E-state index contributed by atoms with van der Waals surface area (Å²) in [7, 11) is 0. The van der Waals surface area contributed by atoms with Gasteiger partial charge in [0.25, 0.3) is 5.09 Å². The van der Waals surface area contributed by atoms with Crippen LogP contribution in [0.3, 0.4) is 0 Å². The van der Waals surface area contributed by atoms with Crippen molar-refractivity contribution in [3.8, 4) is 0 Å². The Morgan fingerprint density at radius 3 is 2.00 bits per heavy atom. The van der Waals surface area contributed by atoms with Crippen molar-refractivity contribution in [2.75, 3.05) is 0 Å². The minimum Gasteiger partial charge on any atom is -0.481 e. The SMILES string of the molecule is CC(C)Cc1ccc(C(C)C(=O)O)cc1.O=[N+]([O-])O. The average molecular weight is 269 g/mol. The molecule has 0 saturated carbocycles. The van der Waals surface area contributed by atoms with E-state index >= 15 is 0 Å². The van der Waals surface area contributed by atoms with E-state index in [9.17, 15) is 4.79 Å². The van der Waals surface area contributed by atoms with Gasteiger partial charge in [0.05, 0.1) is 5.92 Å². The molecule has 1 aromatic rings. The van der Waals surface area contributed by atoms with E-state index < -0.39 is 17.0 Å². The molecule has 0 spiro atoms. The van der Waals surface area contributed by atoms with E-state index in [1.807, 2.05) is 24.3 Å². The zero-order valence-electron chi connectivity index (χ0n) is 11.2. The highest BCUT2D eigenvalue weighted by Gasteiger charge is 2.12. The first-order valence-corrected chi connectivity index (χ1v) is 5.89. The molecule has 1 aromatic carbocycles. The number of hydrogen-bond donors (Lipinski definition) is 2. The molecule has 0 fully saturated rings. The maximum atomic E-state index is 10.8. The fourth-order valence-corrected chi connectivity index (χ4v) is 1.56. The summed E-state index contributed by atoms with van der Waals surface area (Å²) in [4.78, 5) is 19.1. The summed E-state index contributed by atoms with van der Waals surface area (Å²) in [6.07, 6.45) is 1.04. The summed E-state index contributed by atoms with van der Waals surface area (Å²) in [6, 6.07) is 7.87.